The van der Waals surface area contributed by atoms with E-state index in [0.717, 1.165) is 22.6 Å². The van der Waals surface area contributed by atoms with Gasteiger partial charge >= 0.3 is 0 Å². The van der Waals surface area contributed by atoms with Crippen LogP contribution in [0.25, 0.3) is 0 Å². The van der Waals surface area contributed by atoms with Crippen molar-refractivity contribution in [3.05, 3.63) is 33.2 Å². The summed E-state index contributed by atoms with van der Waals surface area (Å²) >= 11 is 4.63. The molecule has 2 rings (SSSR count). The molecule has 1 amide bonds. The molecule has 0 saturated carbocycles. The van der Waals surface area contributed by atoms with Crippen LogP contribution in [0.2, 0.25) is 0 Å². The SMILES string of the molecule is Cc1nc(Br)sc1C(=O)NCCCn1ccnc1. The predicted molar refractivity (Wildman–Crippen MR) is 73.7 cm³/mol. The molecule has 0 aliphatic rings. The minimum absolute atomic E-state index is 0.0543. The van der Waals surface area contributed by atoms with Crippen LogP contribution in [0.4, 0.5) is 0 Å². The van der Waals surface area contributed by atoms with E-state index in [2.05, 4.69) is 31.2 Å². The van der Waals surface area contributed by atoms with Gasteiger partial charge in [-0.15, -0.1) is 11.3 Å². The lowest BCUT2D eigenvalue weighted by molar-refractivity contribution is 0.0956. The van der Waals surface area contributed by atoms with Crippen molar-refractivity contribution in [2.24, 2.45) is 0 Å². The van der Waals surface area contributed by atoms with Gasteiger partial charge in [0.15, 0.2) is 3.92 Å². The Bertz CT molecular complexity index is 523. The fraction of sp³-hybridized carbons (Fsp3) is 0.364. The fourth-order valence-electron chi connectivity index (χ4n) is 1.54. The van der Waals surface area contributed by atoms with Gasteiger partial charge in [0, 0.05) is 25.5 Å². The van der Waals surface area contributed by atoms with Crippen LogP contribution in [-0.2, 0) is 6.54 Å². The van der Waals surface area contributed by atoms with E-state index in [9.17, 15) is 4.79 Å². The number of carbonyl (C=O) groups is 1. The molecule has 0 saturated heterocycles. The Morgan fingerprint density at radius 2 is 2.44 bits per heavy atom. The number of aryl methyl sites for hydroxylation is 2. The number of rotatable bonds is 5. The third-order valence-electron chi connectivity index (χ3n) is 2.41. The lowest BCUT2D eigenvalue weighted by Crippen LogP contribution is -2.25. The molecule has 1 N–H and O–H groups in total. The smallest absolute Gasteiger partial charge is 0.263 e. The zero-order chi connectivity index (χ0) is 13.0. The van der Waals surface area contributed by atoms with Crippen LogP contribution in [0.1, 0.15) is 21.8 Å². The minimum Gasteiger partial charge on any atom is -0.351 e. The molecule has 0 aliphatic heterocycles. The van der Waals surface area contributed by atoms with Gasteiger partial charge in [0.1, 0.15) is 4.88 Å². The van der Waals surface area contributed by atoms with Gasteiger partial charge in [0.25, 0.3) is 5.91 Å². The highest BCUT2D eigenvalue weighted by atomic mass is 79.9. The van der Waals surface area contributed by atoms with Gasteiger partial charge in [-0.05, 0) is 29.3 Å². The number of imidazole rings is 1. The maximum atomic E-state index is 11.9. The lowest BCUT2D eigenvalue weighted by Gasteiger charge is -2.04. The Hall–Kier alpha value is -1.21. The molecule has 18 heavy (non-hydrogen) atoms. The summed E-state index contributed by atoms with van der Waals surface area (Å²) in [5.41, 5.74) is 0.763. The number of hydrogen-bond donors (Lipinski definition) is 1. The number of amides is 1. The number of halogens is 1. The molecular weight excluding hydrogens is 316 g/mol. The van der Waals surface area contributed by atoms with E-state index in [-0.39, 0.29) is 5.91 Å². The van der Waals surface area contributed by atoms with Crippen molar-refractivity contribution in [3.63, 3.8) is 0 Å². The van der Waals surface area contributed by atoms with E-state index in [1.54, 1.807) is 12.5 Å². The molecule has 0 radical (unpaired) electrons. The topological polar surface area (TPSA) is 59.8 Å². The molecule has 2 heterocycles. The summed E-state index contributed by atoms with van der Waals surface area (Å²) in [5.74, 6) is -0.0543. The first-order chi connectivity index (χ1) is 8.66. The zero-order valence-electron chi connectivity index (χ0n) is 9.89. The van der Waals surface area contributed by atoms with Crippen LogP contribution in [0, 0.1) is 6.92 Å². The van der Waals surface area contributed by atoms with Gasteiger partial charge in [-0.25, -0.2) is 9.97 Å². The van der Waals surface area contributed by atoms with E-state index in [0.29, 0.717) is 11.4 Å². The third-order valence-corrected chi connectivity index (χ3v) is 4.02. The maximum absolute atomic E-state index is 11.9. The number of nitrogens with one attached hydrogen (secondary N) is 1. The van der Waals surface area contributed by atoms with Gasteiger partial charge < -0.3 is 9.88 Å². The Morgan fingerprint density at radius 3 is 3.06 bits per heavy atom. The molecule has 0 unspecified atom stereocenters. The number of thiazole rings is 1. The Balaban J connectivity index is 1.77. The average Bonchev–Trinajstić information content (AvgIpc) is 2.94. The number of aromatic nitrogens is 3. The normalized spacial score (nSPS) is 10.6. The molecule has 0 fully saturated rings. The first kappa shape index (κ1) is 13.2. The third kappa shape index (κ3) is 3.39. The Kier molecular flexibility index (Phi) is 4.48. The second-order valence-corrected chi connectivity index (χ2v) is 6.07. The molecule has 0 aliphatic carbocycles. The molecule has 0 atom stereocenters. The van der Waals surface area contributed by atoms with E-state index >= 15 is 0 Å². The van der Waals surface area contributed by atoms with Crippen molar-refractivity contribution in [3.8, 4) is 0 Å². The van der Waals surface area contributed by atoms with E-state index in [4.69, 9.17) is 0 Å². The summed E-state index contributed by atoms with van der Waals surface area (Å²) in [6.07, 6.45) is 6.30. The van der Waals surface area contributed by atoms with Crippen LogP contribution < -0.4 is 5.32 Å². The zero-order valence-corrected chi connectivity index (χ0v) is 12.3. The molecule has 7 heteroatoms. The number of hydrogen-bond acceptors (Lipinski definition) is 4. The highest BCUT2D eigenvalue weighted by Gasteiger charge is 2.13. The Labute approximate surface area is 117 Å². The van der Waals surface area contributed by atoms with Crippen LogP contribution in [0.5, 0.6) is 0 Å². The highest BCUT2D eigenvalue weighted by molar-refractivity contribution is 9.11. The molecule has 2 aromatic heterocycles. The van der Waals surface area contributed by atoms with Gasteiger partial charge in [0.2, 0.25) is 0 Å². The maximum Gasteiger partial charge on any atom is 0.263 e. The summed E-state index contributed by atoms with van der Waals surface area (Å²) in [6, 6.07) is 0. The number of nitrogens with zero attached hydrogens (tertiary/aromatic N) is 3. The van der Waals surface area contributed by atoms with Gasteiger partial charge in [-0.3, -0.25) is 4.79 Å². The molecule has 0 spiro atoms. The van der Waals surface area contributed by atoms with Crippen LogP contribution >= 0.6 is 27.3 Å². The van der Waals surface area contributed by atoms with Crippen molar-refractivity contribution in [1.82, 2.24) is 19.9 Å². The standard InChI is InChI=1S/C11H13BrN4OS/c1-8-9(18-11(12)15-8)10(17)14-3-2-5-16-6-4-13-7-16/h4,6-7H,2-3,5H2,1H3,(H,14,17). The summed E-state index contributed by atoms with van der Waals surface area (Å²) in [7, 11) is 0. The molecule has 5 nitrogen and oxygen atoms in total. The van der Waals surface area contributed by atoms with Gasteiger partial charge in [0.05, 0.1) is 12.0 Å². The predicted octanol–water partition coefficient (Wildman–Crippen LogP) is 2.23. The van der Waals surface area contributed by atoms with Crippen LogP contribution in [0.15, 0.2) is 22.6 Å². The summed E-state index contributed by atoms with van der Waals surface area (Å²) in [5, 5.41) is 2.89. The fourth-order valence-corrected chi connectivity index (χ4v) is 3.00. The molecule has 2 aromatic rings. The minimum atomic E-state index is -0.0543. The molecule has 96 valence electrons. The van der Waals surface area contributed by atoms with Crippen molar-refractivity contribution in [2.45, 2.75) is 19.9 Å². The van der Waals surface area contributed by atoms with Gasteiger partial charge in [-0.1, -0.05) is 0 Å². The van der Waals surface area contributed by atoms with Crippen LogP contribution in [0.3, 0.4) is 0 Å². The summed E-state index contributed by atoms with van der Waals surface area (Å²) in [4.78, 5) is 20.7. The molecule has 0 aromatic carbocycles. The van der Waals surface area contributed by atoms with E-state index in [1.165, 1.54) is 11.3 Å². The molecule has 0 bridgehead atoms. The summed E-state index contributed by atoms with van der Waals surface area (Å²) < 4.78 is 2.73. The average molecular weight is 329 g/mol. The van der Waals surface area contributed by atoms with Crippen molar-refractivity contribution in [1.29, 1.82) is 0 Å². The van der Waals surface area contributed by atoms with Crippen molar-refractivity contribution < 1.29 is 4.79 Å². The monoisotopic (exact) mass is 328 g/mol. The second kappa shape index (κ2) is 6.10. The largest absolute Gasteiger partial charge is 0.351 e. The second-order valence-electron chi connectivity index (χ2n) is 3.79. The van der Waals surface area contributed by atoms with Crippen molar-refractivity contribution in [2.75, 3.05) is 6.54 Å². The first-order valence-electron chi connectivity index (χ1n) is 5.53. The van der Waals surface area contributed by atoms with Crippen LogP contribution in [-0.4, -0.2) is 27.0 Å². The first-order valence-corrected chi connectivity index (χ1v) is 7.14. The highest BCUT2D eigenvalue weighted by Crippen LogP contribution is 2.22. The quantitative estimate of drug-likeness (QED) is 0.856. The Morgan fingerprint density at radius 1 is 1.61 bits per heavy atom. The van der Waals surface area contributed by atoms with E-state index in [1.807, 2.05) is 17.7 Å². The van der Waals surface area contributed by atoms with Crippen molar-refractivity contribution >= 4 is 33.2 Å². The lowest BCUT2D eigenvalue weighted by atomic mass is 10.3. The summed E-state index contributed by atoms with van der Waals surface area (Å²) in [6.45, 7) is 3.33. The van der Waals surface area contributed by atoms with E-state index < -0.39 is 0 Å². The molecular formula is C11H13BrN4OS. The number of carbonyl (C=O) groups excluding carboxylic acids is 1. The van der Waals surface area contributed by atoms with Gasteiger partial charge in [-0.2, -0.15) is 0 Å².